The fraction of sp³-hybridized carbons (Fsp3) is 0.533. The molecule has 0 radical (unpaired) electrons. The van der Waals surface area contributed by atoms with Crippen LogP contribution in [-0.4, -0.2) is 43.0 Å². The van der Waals surface area contributed by atoms with Crippen molar-refractivity contribution in [3.63, 3.8) is 0 Å². The smallest absolute Gasteiger partial charge is 0.251 e. The number of carbonyl (C=O) groups excluding carboxylic acids is 1. The standard InChI is InChI=1S/C15H23ClN4O/c1-11(2)14(15(21)18-17)20-9-7-19(8-10-20)13-5-3-12(16)4-6-13/h3-6,11,14H,7-10,17H2,1-2H3,(H,18,21). The van der Waals surface area contributed by atoms with Gasteiger partial charge in [0.2, 0.25) is 0 Å². The van der Waals surface area contributed by atoms with Gasteiger partial charge in [0.15, 0.2) is 0 Å². The maximum atomic E-state index is 11.9. The molecule has 21 heavy (non-hydrogen) atoms. The zero-order valence-electron chi connectivity index (χ0n) is 12.6. The fourth-order valence-electron chi connectivity index (χ4n) is 2.89. The predicted molar refractivity (Wildman–Crippen MR) is 86.2 cm³/mol. The topological polar surface area (TPSA) is 61.6 Å². The van der Waals surface area contributed by atoms with Gasteiger partial charge >= 0.3 is 0 Å². The summed E-state index contributed by atoms with van der Waals surface area (Å²) in [4.78, 5) is 16.5. The first-order chi connectivity index (χ1) is 10.0. The number of anilines is 1. The van der Waals surface area contributed by atoms with Crippen LogP contribution in [0, 0.1) is 5.92 Å². The molecule has 1 aromatic rings. The van der Waals surface area contributed by atoms with Crippen LogP contribution in [0.2, 0.25) is 5.02 Å². The highest BCUT2D eigenvalue weighted by molar-refractivity contribution is 6.30. The van der Waals surface area contributed by atoms with E-state index in [1.54, 1.807) is 0 Å². The Morgan fingerprint density at radius 1 is 1.19 bits per heavy atom. The first-order valence-corrected chi connectivity index (χ1v) is 7.65. The van der Waals surface area contributed by atoms with E-state index in [0.717, 1.165) is 31.2 Å². The Hall–Kier alpha value is -1.30. The molecule has 1 fully saturated rings. The molecule has 1 unspecified atom stereocenters. The van der Waals surface area contributed by atoms with E-state index < -0.39 is 0 Å². The lowest BCUT2D eigenvalue weighted by Crippen LogP contribution is -2.57. The van der Waals surface area contributed by atoms with E-state index in [1.807, 2.05) is 38.1 Å². The summed E-state index contributed by atoms with van der Waals surface area (Å²) in [6, 6.07) is 7.71. The number of amides is 1. The number of hydrogen-bond donors (Lipinski definition) is 2. The highest BCUT2D eigenvalue weighted by Crippen LogP contribution is 2.21. The maximum absolute atomic E-state index is 11.9. The molecular formula is C15H23ClN4O. The van der Waals surface area contributed by atoms with E-state index in [1.165, 1.54) is 5.69 Å². The van der Waals surface area contributed by atoms with Gasteiger partial charge < -0.3 is 4.90 Å². The van der Waals surface area contributed by atoms with Crippen molar-refractivity contribution in [2.45, 2.75) is 19.9 Å². The monoisotopic (exact) mass is 310 g/mol. The zero-order valence-corrected chi connectivity index (χ0v) is 13.3. The third-order valence-corrected chi connectivity index (χ3v) is 4.19. The van der Waals surface area contributed by atoms with E-state index in [4.69, 9.17) is 17.4 Å². The first-order valence-electron chi connectivity index (χ1n) is 7.28. The molecule has 1 heterocycles. The molecule has 0 saturated carbocycles. The van der Waals surface area contributed by atoms with Gasteiger partial charge in [-0.05, 0) is 30.2 Å². The van der Waals surface area contributed by atoms with Crippen molar-refractivity contribution >= 4 is 23.2 Å². The summed E-state index contributed by atoms with van der Waals surface area (Å²) < 4.78 is 0. The number of rotatable bonds is 4. The molecule has 1 aliphatic heterocycles. The van der Waals surface area contributed by atoms with Gasteiger partial charge in [-0.25, -0.2) is 5.84 Å². The molecule has 0 aliphatic carbocycles. The fourth-order valence-corrected chi connectivity index (χ4v) is 3.01. The molecule has 0 spiro atoms. The Kier molecular flexibility index (Phi) is 5.45. The average Bonchev–Trinajstić information content (AvgIpc) is 2.48. The summed E-state index contributed by atoms with van der Waals surface area (Å²) in [5.41, 5.74) is 3.45. The van der Waals surface area contributed by atoms with Gasteiger partial charge in [0, 0.05) is 36.9 Å². The van der Waals surface area contributed by atoms with Gasteiger partial charge in [0.05, 0.1) is 6.04 Å². The molecule has 1 aromatic carbocycles. The van der Waals surface area contributed by atoms with E-state index >= 15 is 0 Å². The number of nitrogens with zero attached hydrogens (tertiary/aromatic N) is 2. The van der Waals surface area contributed by atoms with E-state index in [2.05, 4.69) is 15.2 Å². The van der Waals surface area contributed by atoms with Crippen LogP contribution in [0.15, 0.2) is 24.3 Å². The Balaban J connectivity index is 1.98. The average molecular weight is 311 g/mol. The van der Waals surface area contributed by atoms with Gasteiger partial charge in [-0.15, -0.1) is 0 Å². The van der Waals surface area contributed by atoms with E-state index in [9.17, 15) is 4.79 Å². The Morgan fingerprint density at radius 3 is 2.24 bits per heavy atom. The molecule has 1 saturated heterocycles. The van der Waals surface area contributed by atoms with Crippen molar-refractivity contribution in [3.8, 4) is 0 Å². The second-order valence-corrected chi connectivity index (χ2v) is 6.13. The number of piperazine rings is 1. The van der Waals surface area contributed by atoms with E-state index in [0.29, 0.717) is 0 Å². The number of hydrazine groups is 1. The molecular weight excluding hydrogens is 288 g/mol. The number of hydrogen-bond acceptors (Lipinski definition) is 4. The van der Waals surface area contributed by atoms with Crippen molar-refractivity contribution in [2.24, 2.45) is 11.8 Å². The van der Waals surface area contributed by atoms with Crippen LogP contribution in [0.25, 0.3) is 0 Å². The molecule has 3 N–H and O–H groups in total. The zero-order chi connectivity index (χ0) is 15.4. The minimum absolute atomic E-state index is 0.107. The van der Waals surface area contributed by atoms with Crippen molar-refractivity contribution < 1.29 is 4.79 Å². The SMILES string of the molecule is CC(C)C(C(=O)NN)N1CCN(c2ccc(Cl)cc2)CC1. The van der Waals surface area contributed by atoms with E-state index in [-0.39, 0.29) is 17.9 Å². The third-order valence-electron chi connectivity index (χ3n) is 3.94. The summed E-state index contributed by atoms with van der Waals surface area (Å²) >= 11 is 5.92. The van der Waals surface area contributed by atoms with Gasteiger partial charge in [-0.2, -0.15) is 0 Å². The van der Waals surface area contributed by atoms with Crippen LogP contribution in [0.3, 0.4) is 0 Å². The molecule has 2 rings (SSSR count). The number of nitrogens with one attached hydrogen (secondary N) is 1. The number of carbonyl (C=O) groups is 1. The van der Waals surface area contributed by atoms with Crippen LogP contribution >= 0.6 is 11.6 Å². The number of benzene rings is 1. The molecule has 1 aliphatic rings. The summed E-state index contributed by atoms with van der Waals surface area (Å²) in [5, 5.41) is 0.747. The van der Waals surface area contributed by atoms with Crippen LogP contribution in [-0.2, 0) is 4.79 Å². The highest BCUT2D eigenvalue weighted by atomic mass is 35.5. The minimum atomic E-state index is -0.164. The second-order valence-electron chi connectivity index (χ2n) is 5.70. The molecule has 5 nitrogen and oxygen atoms in total. The largest absolute Gasteiger partial charge is 0.369 e. The molecule has 6 heteroatoms. The third kappa shape index (κ3) is 3.87. The van der Waals surface area contributed by atoms with Gasteiger partial charge in [-0.3, -0.25) is 15.1 Å². The number of halogens is 1. The lowest BCUT2D eigenvalue weighted by Gasteiger charge is -2.40. The second kappa shape index (κ2) is 7.11. The lowest BCUT2D eigenvalue weighted by atomic mass is 10.0. The predicted octanol–water partition coefficient (Wildman–Crippen LogP) is 1.48. The lowest BCUT2D eigenvalue weighted by molar-refractivity contribution is -0.128. The Bertz CT molecular complexity index is 469. The van der Waals surface area contributed by atoms with Gasteiger partial charge in [0.25, 0.3) is 5.91 Å². The van der Waals surface area contributed by atoms with Crippen LogP contribution in [0.1, 0.15) is 13.8 Å². The van der Waals surface area contributed by atoms with Gasteiger partial charge in [-0.1, -0.05) is 25.4 Å². The molecule has 116 valence electrons. The summed E-state index contributed by atoms with van der Waals surface area (Å²) in [6.45, 7) is 7.57. The molecule has 1 atom stereocenters. The Morgan fingerprint density at radius 2 is 1.76 bits per heavy atom. The van der Waals surface area contributed by atoms with Crippen molar-refractivity contribution in [1.29, 1.82) is 0 Å². The van der Waals surface area contributed by atoms with Crippen LogP contribution in [0.5, 0.6) is 0 Å². The highest BCUT2D eigenvalue weighted by Gasteiger charge is 2.31. The first kappa shape index (κ1) is 16.1. The summed E-state index contributed by atoms with van der Waals surface area (Å²) in [7, 11) is 0. The quantitative estimate of drug-likeness (QED) is 0.502. The maximum Gasteiger partial charge on any atom is 0.251 e. The summed E-state index contributed by atoms with van der Waals surface area (Å²) in [5.74, 6) is 5.43. The minimum Gasteiger partial charge on any atom is -0.369 e. The van der Waals surface area contributed by atoms with Crippen LogP contribution in [0.4, 0.5) is 5.69 Å². The summed E-state index contributed by atoms with van der Waals surface area (Å²) in [6.07, 6.45) is 0. The number of nitrogens with two attached hydrogens (primary N) is 1. The van der Waals surface area contributed by atoms with Gasteiger partial charge in [0.1, 0.15) is 0 Å². The van der Waals surface area contributed by atoms with Crippen molar-refractivity contribution in [1.82, 2.24) is 10.3 Å². The van der Waals surface area contributed by atoms with Crippen molar-refractivity contribution in [3.05, 3.63) is 29.3 Å². The normalized spacial score (nSPS) is 17.9. The van der Waals surface area contributed by atoms with Crippen LogP contribution < -0.4 is 16.2 Å². The molecule has 1 amide bonds. The Labute approximate surface area is 131 Å². The molecule has 0 aromatic heterocycles. The van der Waals surface area contributed by atoms with Crippen molar-refractivity contribution in [2.75, 3.05) is 31.1 Å². The molecule has 0 bridgehead atoms.